The monoisotopic (exact) mass is 373 g/mol. The van der Waals surface area contributed by atoms with E-state index in [2.05, 4.69) is 25.3 Å². The van der Waals surface area contributed by atoms with Gasteiger partial charge in [0, 0.05) is 29.8 Å². The molecular weight excluding hydrogens is 357 g/mol. The lowest BCUT2D eigenvalue weighted by molar-refractivity contribution is -0.119. The number of halogens is 2. The van der Waals surface area contributed by atoms with E-state index >= 15 is 0 Å². The zero-order valence-electron chi connectivity index (χ0n) is 14.1. The summed E-state index contributed by atoms with van der Waals surface area (Å²) in [6.45, 7) is 1.72. The highest BCUT2D eigenvalue weighted by molar-refractivity contribution is 6.31. The van der Waals surface area contributed by atoms with Gasteiger partial charge in [-0.05, 0) is 31.7 Å². The van der Waals surface area contributed by atoms with E-state index in [0.717, 1.165) is 24.4 Å². The minimum atomic E-state index is -0.601. The number of anilines is 1. The van der Waals surface area contributed by atoms with Crippen LogP contribution in [0.4, 0.5) is 10.2 Å². The van der Waals surface area contributed by atoms with Crippen LogP contribution in [0.5, 0.6) is 0 Å². The van der Waals surface area contributed by atoms with Crippen LogP contribution in [0.3, 0.4) is 0 Å². The van der Waals surface area contributed by atoms with E-state index in [1.165, 1.54) is 6.20 Å². The van der Waals surface area contributed by atoms with Crippen molar-refractivity contribution in [2.45, 2.75) is 32.2 Å². The lowest BCUT2D eigenvalue weighted by Gasteiger charge is -2.14. The Morgan fingerprint density at radius 2 is 2.23 bits per heavy atom. The van der Waals surface area contributed by atoms with Gasteiger partial charge in [-0.2, -0.15) is 0 Å². The SMILES string of the molecule is C[C@H](Nc1nc(-c2c[nH]c3ncc(Cl)cc23)ncc1F)C(=O)CC1CC1. The lowest BCUT2D eigenvalue weighted by atomic mass is 10.1. The first-order valence-electron chi connectivity index (χ1n) is 8.46. The van der Waals surface area contributed by atoms with E-state index in [0.29, 0.717) is 34.4 Å². The molecule has 1 aliphatic rings. The molecule has 0 saturated heterocycles. The van der Waals surface area contributed by atoms with Crippen molar-refractivity contribution in [1.82, 2.24) is 19.9 Å². The van der Waals surface area contributed by atoms with Gasteiger partial charge in [-0.1, -0.05) is 11.6 Å². The highest BCUT2D eigenvalue weighted by Crippen LogP contribution is 2.33. The maximum absolute atomic E-state index is 14.1. The molecule has 134 valence electrons. The predicted octanol–water partition coefficient (Wildman–Crippen LogP) is 3.98. The molecule has 1 saturated carbocycles. The van der Waals surface area contributed by atoms with Crippen LogP contribution >= 0.6 is 11.6 Å². The number of fused-ring (bicyclic) bond motifs is 1. The normalized spacial score (nSPS) is 15.2. The molecule has 0 unspecified atom stereocenters. The standard InChI is InChI=1S/C18H17ClFN5O/c1-9(15(26)4-10-2-3-10)24-18-14(20)8-23-17(25-18)13-7-22-16-12(13)5-11(19)6-21-16/h5-10H,2-4H2,1H3,(H,21,22)(H,23,24,25)/t9-/m0/s1. The van der Waals surface area contributed by atoms with Crippen molar-refractivity contribution >= 4 is 34.2 Å². The van der Waals surface area contributed by atoms with Crippen LogP contribution in [0.1, 0.15) is 26.2 Å². The number of aromatic amines is 1. The molecule has 0 amide bonds. The fourth-order valence-electron chi connectivity index (χ4n) is 2.83. The Morgan fingerprint density at radius 3 is 3.00 bits per heavy atom. The van der Waals surface area contributed by atoms with Crippen LogP contribution in [0.15, 0.2) is 24.7 Å². The molecule has 0 spiro atoms. The number of rotatable bonds is 6. The molecule has 1 fully saturated rings. The third-order valence-electron chi connectivity index (χ3n) is 4.51. The number of pyridine rings is 1. The molecule has 26 heavy (non-hydrogen) atoms. The second-order valence-electron chi connectivity index (χ2n) is 6.62. The van der Waals surface area contributed by atoms with Gasteiger partial charge in [0.05, 0.1) is 17.3 Å². The smallest absolute Gasteiger partial charge is 0.183 e. The number of nitrogens with zero attached hydrogens (tertiary/aromatic N) is 3. The third-order valence-corrected chi connectivity index (χ3v) is 4.71. The molecule has 0 radical (unpaired) electrons. The zero-order chi connectivity index (χ0) is 18.3. The Bertz CT molecular complexity index is 985. The molecule has 0 aliphatic heterocycles. The fraction of sp³-hybridized carbons (Fsp3) is 0.333. The molecule has 0 bridgehead atoms. The Hall–Kier alpha value is -2.54. The van der Waals surface area contributed by atoms with Crippen molar-refractivity contribution in [1.29, 1.82) is 0 Å². The average molecular weight is 374 g/mol. The summed E-state index contributed by atoms with van der Waals surface area (Å²) in [5.41, 5.74) is 1.30. The van der Waals surface area contributed by atoms with Crippen molar-refractivity contribution < 1.29 is 9.18 Å². The predicted molar refractivity (Wildman–Crippen MR) is 97.5 cm³/mol. The molecule has 3 heterocycles. The number of hydrogen-bond acceptors (Lipinski definition) is 5. The van der Waals surface area contributed by atoms with E-state index in [1.54, 1.807) is 19.2 Å². The Labute approximate surface area is 154 Å². The second-order valence-corrected chi connectivity index (χ2v) is 7.06. The van der Waals surface area contributed by atoms with Crippen molar-refractivity contribution in [2.24, 2.45) is 5.92 Å². The lowest BCUT2D eigenvalue weighted by Crippen LogP contribution is -2.27. The minimum absolute atomic E-state index is 0.0102. The number of carbonyl (C=O) groups excluding carboxylic acids is 1. The Morgan fingerprint density at radius 1 is 1.42 bits per heavy atom. The van der Waals surface area contributed by atoms with Crippen LogP contribution in [-0.2, 0) is 4.79 Å². The van der Waals surface area contributed by atoms with Gasteiger partial charge in [0.2, 0.25) is 0 Å². The molecule has 0 aromatic carbocycles. The number of hydrogen-bond donors (Lipinski definition) is 2. The van der Waals surface area contributed by atoms with E-state index in [-0.39, 0.29) is 11.6 Å². The van der Waals surface area contributed by atoms with Gasteiger partial charge >= 0.3 is 0 Å². The summed E-state index contributed by atoms with van der Waals surface area (Å²) in [4.78, 5) is 27.7. The van der Waals surface area contributed by atoms with Crippen molar-refractivity contribution in [3.05, 3.63) is 35.5 Å². The Kier molecular flexibility index (Phi) is 4.32. The van der Waals surface area contributed by atoms with E-state index in [9.17, 15) is 9.18 Å². The van der Waals surface area contributed by atoms with Gasteiger partial charge in [-0.15, -0.1) is 0 Å². The van der Waals surface area contributed by atoms with Crippen molar-refractivity contribution in [2.75, 3.05) is 5.32 Å². The molecular formula is C18H17ClFN5O. The first kappa shape index (κ1) is 16.9. The number of H-pyrrole nitrogens is 1. The summed E-state index contributed by atoms with van der Waals surface area (Å²) in [5.74, 6) is 0.286. The van der Waals surface area contributed by atoms with Crippen LogP contribution in [0.25, 0.3) is 22.4 Å². The second kappa shape index (κ2) is 6.64. The number of Topliss-reactive ketones (excluding diaryl/α,β-unsaturated/α-hetero) is 1. The van der Waals surface area contributed by atoms with Gasteiger partial charge in [-0.3, -0.25) is 4.79 Å². The molecule has 3 aromatic rings. The van der Waals surface area contributed by atoms with Gasteiger partial charge in [0.1, 0.15) is 5.65 Å². The summed E-state index contributed by atoms with van der Waals surface area (Å²) < 4.78 is 14.1. The summed E-state index contributed by atoms with van der Waals surface area (Å²) in [5, 5.41) is 4.11. The number of carbonyl (C=O) groups is 1. The van der Waals surface area contributed by atoms with Crippen LogP contribution in [0.2, 0.25) is 5.02 Å². The zero-order valence-corrected chi connectivity index (χ0v) is 14.8. The maximum atomic E-state index is 14.1. The van der Waals surface area contributed by atoms with E-state index < -0.39 is 11.9 Å². The third kappa shape index (κ3) is 3.39. The highest BCUT2D eigenvalue weighted by Gasteiger charge is 2.27. The molecule has 3 aromatic heterocycles. The van der Waals surface area contributed by atoms with Gasteiger partial charge in [0.25, 0.3) is 0 Å². The quantitative estimate of drug-likeness (QED) is 0.682. The molecule has 1 atom stereocenters. The molecule has 4 rings (SSSR count). The summed E-state index contributed by atoms with van der Waals surface area (Å²) in [6, 6.07) is 1.24. The molecule has 6 nitrogen and oxygen atoms in total. The van der Waals surface area contributed by atoms with Gasteiger partial charge < -0.3 is 10.3 Å². The largest absolute Gasteiger partial charge is 0.358 e. The first-order valence-corrected chi connectivity index (χ1v) is 8.84. The molecule has 8 heteroatoms. The summed E-state index contributed by atoms with van der Waals surface area (Å²) >= 11 is 6.01. The van der Waals surface area contributed by atoms with Crippen LogP contribution in [-0.4, -0.2) is 31.8 Å². The minimum Gasteiger partial charge on any atom is -0.358 e. The van der Waals surface area contributed by atoms with E-state index in [4.69, 9.17) is 11.6 Å². The average Bonchev–Trinajstić information content (AvgIpc) is 3.33. The first-order chi connectivity index (χ1) is 12.5. The number of aromatic nitrogens is 4. The van der Waals surface area contributed by atoms with Crippen LogP contribution < -0.4 is 5.32 Å². The Balaban J connectivity index is 1.62. The van der Waals surface area contributed by atoms with Gasteiger partial charge in [0.15, 0.2) is 23.2 Å². The molecule has 2 N–H and O–H groups in total. The topological polar surface area (TPSA) is 83.6 Å². The summed E-state index contributed by atoms with van der Waals surface area (Å²) in [6.07, 6.45) is 7.06. The fourth-order valence-corrected chi connectivity index (χ4v) is 2.99. The van der Waals surface area contributed by atoms with E-state index in [1.807, 2.05) is 0 Å². The maximum Gasteiger partial charge on any atom is 0.183 e. The summed E-state index contributed by atoms with van der Waals surface area (Å²) in [7, 11) is 0. The number of nitrogens with one attached hydrogen (secondary N) is 2. The van der Waals surface area contributed by atoms with Crippen molar-refractivity contribution in [3.8, 4) is 11.4 Å². The highest BCUT2D eigenvalue weighted by atomic mass is 35.5. The number of ketones is 1. The molecule has 1 aliphatic carbocycles. The van der Waals surface area contributed by atoms with Crippen LogP contribution in [0, 0.1) is 11.7 Å². The van der Waals surface area contributed by atoms with Gasteiger partial charge in [-0.25, -0.2) is 19.3 Å². The van der Waals surface area contributed by atoms with Crippen molar-refractivity contribution in [3.63, 3.8) is 0 Å².